The smallest absolute Gasteiger partial charge is 0.219 e. The van der Waals surface area contributed by atoms with Crippen molar-refractivity contribution in [2.24, 2.45) is 5.92 Å². The van der Waals surface area contributed by atoms with Crippen LogP contribution in [-0.2, 0) is 4.79 Å². The number of hydrogen-bond acceptors (Lipinski definition) is 7. The molecule has 2 saturated heterocycles. The van der Waals surface area contributed by atoms with Crippen LogP contribution < -0.4 is 19.5 Å². The zero-order valence-corrected chi connectivity index (χ0v) is 21.0. The lowest BCUT2D eigenvalue weighted by atomic mass is 9.98. The third-order valence-electron chi connectivity index (χ3n) is 6.79. The molecule has 0 unspecified atom stereocenters. The van der Waals surface area contributed by atoms with E-state index in [9.17, 15) is 4.79 Å². The zero-order valence-electron chi connectivity index (χ0n) is 21.0. The number of aromatic nitrogens is 1. The van der Waals surface area contributed by atoms with Crippen LogP contribution in [0.25, 0.3) is 0 Å². The first-order valence-electron chi connectivity index (χ1n) is 12.8. The maximum atomic E-state index is 11.5. The van der Waals surface area contributed by atoms with Gasteiger partial charge in [-0.1, -0.05) is 0 Å². The number of hydrogen-bond donors (Lipinski definition) is 1. The molecule has 0 bridgehead atoms. The minimum atomic E-state index is 0.152. The van der Waals surface area contributed by atoms with E-state index in [2.05, 4.69) is 15.2 Å². The molecule has 2 aromatic rings. The summed E-state index contributed by atoms with van der Waals surface area (Å²) >= 11 is 0. The van der Waals surface area contributed by atoms with Gasteiger partial charge >= 0.3 is 0 Å². The Morgan fingerprint density at radius 3 is 2.54 bits per heavy atom. The highest BCUT2D eigenvalue weighted by molar-refractivity contribution is 5.73. The van der Waals surface area contributed by atoms with E-state index >= 15 is 0 Å². The fourth-order valence-electron chi connectivity index (χ4n) is 4.69. The van der Waals surface area contributed by atoms with Crippen molar-refractivity contribution in [3.8, 4) is 17.4 Å². The molecule has 8 heteroatoms. The molecule has 190 valence electrons. The summed E-state index contributed by atoms with van der Waals surface area (Å²) in [7, 11) is 1.66. The highest BCUT2D eigenvalue weighted by Gasteiger charge is 2.21. The standard InChI is InChI=1S/C27H38N4O4/c1-21(32)31-15-9-22(10-16-31)20-35-27-19-24(8-11-28-27)29-23-6-7-25(33-2)26(18-23)34-17-5-14-30-12-3-4-13-30/h6-8,11,18-19,22H,3-5,9-10,12-17,20H2,1-2H3,(H,28,29). The number of nitrogens with one attached hydrogen (secondary N) is 1. The fraction of sp³-hybridized carbons (Fsp3) is 0.556. The molecule has 0 radical (unpaired) electrons. The van der Waals surface area contributed by atoms with Gasteiger partial charge < -0.3 is 29.3 Å². The molecule has 3 heterocycles. The predicted octanol–water partition coefficient (Wildman–Crippen LogP) is 4.34. The van der Waals surface area contributed by atoms with Crippen molar-refractivity contribution in [2.75, 3.05) is 58.4 Å². The maximum Gasteiger partial charge on any atom is 0.219 e. The fourth-order valence-corrected chi connectivity index (χ4v) is 4.69. The number of likely N-dealkylation sites (tertiary alicyclic amines) is 2. The van der Waals surface area contributed by atoms with Gasteiger partial charge in [0.05, 0.1) is 20.3 Å². The van der Waals surface area contributed by atoms with Crippen LogP contribution in [0.4, 0.5) is 11.4 Å². The topological polar surface area (TPSA) is 76.2 Å². The van der Waals surface area contributed by atoms with Crippen LogP contribution in [0, 0.1) is 5.92 Å². The average Bonchev–Trinajstić information content (AvgIpc) is 3.40. The van der Waals surface area contributed by atoms with Crippen LogP contribution >= 0.6 is 0 Å². The number of anilines is 2. The first-order chi connectivity index (χ1) is 17.1. The summed E-state index contributed by atoms with van der Waals surface area (Å²) in [6, 6.07) is 9.69. The summed E-state index contributed by atoms with van der Waals surface area (Å²) < 4.78 is 17.5. The Morgan fingerprint density at radius 1 is 1.03 bits per heavy atom. The Morgan fingerprint density at radius 2 is 1.80 bits per heavy atom. The second kappa shape index (κ2) is 12.6. The van der Waals surface area contributed by atoms with E-state index in [1.54, 1.807) is 20.2 Å². The van der Waals surface area contributed by atoms with Gasteiger partial charge in [-0.3, -0.25) is 4.79 Å². The molecule has 1 N–H and O–H groups in total. The van der Waals surface area contributed by atoms with Crippen molar-refractivity contribution in [3.63, 3.8) is 0 Å². The summed E-state index contributed by atoms with van der Waals surface area (Å²) in [5.74, 6) is 2.65. The zero-order chi connectivity index (χ0) is 24.5. The second-order valence-corrected chi connectivity index (χ2v) is 9.38. The summed E-state index contributed by atoms with van der Waals surface area (Å²) in [4.78, 5) is 20.3. The molecule has 4 rings (SSSR count). The minimum absolute atomic E-state index is 0.152. The number of nitrogens with zero attached hydrogens (tertiary/aromatic N) is 3. The van der Waals surface area contributed by atoms with Gasteiger partial charge in [0.25, 0.3) is 0 Å². The normalized spacial score (nSPS) is 16.8. The number of carbonyl (C=O) groups excluding carboxylic acids is 1. The van der Waals surface area contributed by atoms with Crippen LogP contribution in [0.3, 0.4) is 0 Å². The lowest BCUT2D eigenvalue weighted by Gasteiger charge is -2.31. The van der Waals surface area contributed by atoms with Crippen LogP contribution in [0.1, 0.15) is 39.0 Å². The molecule has 0 spiro atoms. The van der Waals surface area contributed by atoms with Crippen LogP contribution in [0.2, 0.25) is 0 Å². The van der Waals surface area contributed by atoms with E-state index in [4.69, 9.17) is 14.2 Å². The summed E-state index contributed by atoms with van der Waals surface area (Å²) in [5.41, 5.74) is 1.81. The number of amides is 1. The van der Waals surface area contributed by atoms with Crippen molar-refractivity contribution in [1.29, 1.82) is 0 Å². The van der Waals surface area contributed by atoms with Gasteiger partial charge in [-0.2, -0.15) is 0 Å². The van der Waals surface area contributed by atoms with Gasteiger partial charge in [-0.05, 0) is 69.3 Å². The van der Waals surface area contributed by atoms with E-state index in [1.807, 2.05) is 35.2 Å². The SMILES string of the molecule is COc1ccc(Nc2ccnc(OCC3CCN(C(C)=O)CC3)c2)cc1OCCCN1CCCC1. The lowest BCUT2D eigenvalue weighted by Crippen LogP contribution is -2.38. The van der Waals surface area contributed by atoms with E-state index in [-0.39, 0.29) is 5.91 Å². The first-order valence-corrected chi connectivity index (χ1v) is 12.8. The number of pyridine rings is 1. The molecular formula is C27H38N4O4. The average molecular weight is 483 g/mol. The van der Waals surface area contributed by atoms with Crippen molar-refractivity contribution in [1.82, 2.24) is 14.8 Å². The largest absolute Gasteiger partial charge is 0.493 e. The van der Waals surface area contributed by atoms with Gasteiger partial charge in [0.1, 0.15) is 0 Å². The number of methoxy groups -OCH3 is 1. The number of rotatable bonds is 11. The molecule has 1 aromatic heterocycles. The van der Waals surface area contributed by atoms with E-state index < -0.39 is 0 Å². The molecule has 2 aliphatic rings. The lowest BCUT2D eigenvalue weighted by molar-refractivity contribution is -0.130. The predicted molar refractivity (Wildman–Crippen MR) is 137 cm³/mol. The third kappa shape index (κ3) is 7.49. The molecular weight excluding hydrogens is 444 g/mol. The summed E-state index contributed by atoms with van der Waals surface area (Å²) in [5, 5.41) is 3.42. The van der Waals surface area contributed by atoms with Crippen molar-refractivity contribution >= 4 is 17.3 Å². The third-order valence-corrected chi connectivity index (χ3v) is 6.79. The van der Waals surface area contributed by atoms with E-state index in [1.165, 1.54) is 25.9 Å². The highest BCUT2D eigenvalue weighted by Crippen LogP contribution is 2.32. The molecule has 0 saturated carbocycles. The first kappa shape index (κ1) is 25.1. The van der Waals surface area contributed by atoms with E-state index in [0.29, 0.717) is 25.0 Å². The Bertz CT molecular complexity index is 956. The number of carbonyl (C=O) groups is 1. The number of benzene rings is 1. The van der Waals surface area contributed by atoms with Gasteiger partial charge in [-0.15, -0.1) is 0 Å². The van der Waals surface area contributed by atoms with E-state index in [0.717, 1.165) is 61.8 Å². The highest BCUT2D eigenvalue weighted by atomic mass is 16.5. The van der Waals surface area contributed by atoms with Crippen LogP contribution in [-0.4, -0.2) is 73.7 Å². The molecule has 1 aromatic carbocycles. The van der Waals surface area contributed by atoms with Crippen molar-refractivity contribution in [3.05, 3.63) is 36.5 Å². The Labute approximate surface area is 208 Å². The van der Waals surface area contributed by atoms with Crippen molar-refractivity contribution < 1.29 is 19.0 Å². The minimum Gasteiger partial charge on any atom is -0.493 e. The Balaban J connectivity index is 1.28. The molecule has 2 aliphatic heterocycles. The van der Waals surface area contributed by atoms with Crippen LogP contribution in [0.5, 0.6) is 17.4 Å². The quantitative estimate of drug-likeness (QED) is 0.478. The molecule has 0 atom stereocenters. The maximum absolute atomic E-state index is 11.5. The Hall–Kier alpha value is -3.00. The van der Waals surface area contributed by atoms with Gasteiger partial charge in [0.15, 0.2) is 11.5 Å². The summed E-state index contributed by atoms with van der Waals surface area (Å²) in [6.45, 7) is 8.01. The molecule has 2 fully saturated rings. The van der Waals surface area contributed by atoms with Gasteiger partial charge in [0, 0.05) is 56.3 Å². The molecule has 35 heavy (non-hydrogen) atoms. The molecule has 8 nitrogen and oxygen atoms in total. The number of piperidine rings is 1. The van der Waals surface area contributed by atoms with Crippen LogP contribution in [0.15, 0.2) is 36.5 Å². The molecule has 0 aliphatic carbocycles. The Kier molecular flexibility index (Phi) is 9.06. The number of ether oxygens (including phenoxy) is 3. The molecule has 1 amide bonds. The van der Waals surface area contributed by atoms with Crippen molar-refractivity contribution in [2.45, 2.75) is 39.0 Å². The second-order valence-electron chi connectivity index (χ2n) is 9.38. The van der Waals surface area contributed by atoms with Gasteiger partial charge in [-0.25, -0.2) is 4.98 Å². The monoisotopic (exact) mass is 482 g/mol. The van der Waals surface area contributed by atoms with Gasteiger partial charge in [0.2, 0.25) is 11.8 Å². The summed E-state index contributed by atoms with van der Waals surface area (Å²) in [6.07, 6.45) is 7.29.